The van der Waals surface area contributed by atoms with E-state index in [2.05, 4.69) is 41.8 Å². The van der Waals surface area contributed by atoms with Crippen LogP contribution in [0.3, 0.4) is 0 Å². The molecule has 27 heavy (non-hydrogen) atoms. The van der Waals surface area contributed by atoms with Gasteiger partial charge in [-0.15, -0.1) is 0 Å². The Kier molecular flexibility index (Phi) is 3.76. The van der Waals surface area contributed by atoms with Crippen LogP contribution >= 0.6 is 11.8 Å². The Morgan fingerprint density at radius 3 is 2.85 bits per heavy atom. The zero-order valence-electron chi connectivity index (χ0n) is 14.8. The van der Waals surface area contributed by atoms with Crippen LogP contribution in [0.5, 0.6) is 0 Å². The average Bonchev–Trinajstić information content (AvgIpc) is 3.27. The van der Waals surface area contributed by atoms with Crippen LogP contribution in [0.2, 0.25) is 0 Å². The van der Waals surface area contributed by atoms with Crippen molar-refractivity contribution < 1.29 is 0 Å². The summed E-state index contributed by atoms with van der Waals surface area (Å²) in [5, 5.41) is 5.75. The van der Waals surface area contributed by atoms with Crippen LogP contribution in [0.1, 0.15) is 19.8 Å². The van der Waals surface area contributed by atoms with E-state index in [-0.39, 0.29) is 5.54 Å². The molecule has 10 heteroatoms. The molecule has 0 spiro atoms. The van der Waals surface area contributed by atoms with Gasteiger partial charge in [-0.3, -0.25) is 0 Å². The summed E-state index contributed by atoms with van der Waals surface area (Å²) in [6, 6.07) is 3.77. The van der Waals surface area contributed by atoms with Crippen molar-refractivity contribution in [1.82, 2.24) is 34.5 Å². The minimum absolute atomic E-state index is 0.0908. The van der Waals surface area contributed by atoms with E-state index in [9.17, 15) is 0 Å². The Balaban J connectivity index is 1.38. The average molecular weight is 381 g/mol. The molecule has 0 unspecified atom stereocenters. The molecule has 0 atom stereocenters. The number of piperidine rings is 1. The molecule has 1 aliphatic heterocycles. The summed E-state index contributed by atoms with van der Waals surface area (Å²) in [5.41, 5.74) is 8.23. The van der Waals surface area contributed by atoms with Crippen LogP contribution in [0.15, 0.2) is 40.8 Å². The number of hydrogen-bond donors (Lipinski definition) is 2. The summed E-state index contributed by atoms with van der Waals surface area (Å²) in [6.45, 7) is 3.86. The minimum atomic E-state index is -0.0908. The number of nitrogens with two attached hydrogens (primary N) is 1. The lowest BCUT2D eigenvalue weighted by Gasteiger charge is -2.36. The van der Waals surface area contributed by atoms with Gasteiger partial charge >= 0.3 is 0 Å². The van der Waals surface area contributed by atoms with E-state index in [0.29, 0.717) is 11.3 Å². The fraction of sp³-hybridized carbons (Fsp3) is 0.353. The molecule has 3 N–H and O–H groups in total. The van der Waals surface area contributed by atoms with E-state index in [0.717, 1.165) is 47.6 Å². The molecule has 4 aromatic rings. The van der Waals surface area contributed by atoms with Crippen molar-refractivity contribution in [3.8, 4) is 0 Å². The van der Waals surface area contributed by atoms with E-state index in [1.54, 1.807) is 16.9 Å². The van der Waals surface area contributed by atoms with Crippen LogP contribution in [-0.4, -0.2) is 53.2 Å². The van der Waals surface area contributed by atoms with Crippen molar-refractivity contribution in [2.24, 2.45) is 5.73 Å². The van der Waals surface area contributed by atoms with Gasteiger partial charge in [0.05, 0.1) is 12.4 Å². The Morgan fingerprint density at radius 1 is 1.15 bits per heavy atom. The Labute approximate surface area is 159 Å². The van der Waals surface area contributed by atoms with Gasteiger partial charge < -0.3 is 15.6 Å². The first kappa shape index (κ1) is 16.5. The first-order valence-corrected chi connectivity index (χ1v) is 9.62. The lowest BCUT2D eigenvalue weighted by molar-refractivity contribution is 0.362. The second kappa shape index (κ2) is 6.17. The van der Waals surface area contributed by atoms with Crippen molar-refractivity contribution in [2.75, 3.05) is 18.0 Å². The second-order valence-corrected chi connectivity index (χ2v) is 8.12. The number of H-pyrrole nitrogens is 1. The number of rotatable bonds is 3. The van der Waals surface area contributed by atoms with Gasteiger partial charge in [0.15, 0.2) is 16.9 Å². The highest BCUT2D eigenvalue weighted by Crippen LogP contribution is 2.27. The Hall–Kier alpha value is -2.72. The molecule has 4 aromatic heterocycles. The summed E-state index contributed by atoms with van der Waals surface area (Å²) in [7, 11) is 0. The molecule has 138 valence electrons. The molecule has 0 saturated carbocycles. The molecule has 1 aliphatic rings. The fourth-order valence-electron chi connectivity index (χ4n) is 3.15. The summed E-state index contributed by atoms with van der Waals surface area (Å²) in [6.07, 6.45) is 7.22. The largest absolute Gasteiger partial charge is 0.342 e. The Bertz CT molecular complexity index is 1110. The van der Waals surface area contributed by atoms with Gasteiger partial charge in [0.2, 0.25) is 5.95 Å². The highest BCUT2D eigenvalue weighted by Gasteiger charge is 2.27. The van der Waals surface area contributed by atoms with Crippen LogP contribution in [0, 0.1) is 0 Å². The van der Waals surface area contributed by atoms with Crippen LogP contribution in [0.25, 0.3) is 16.9 Å². The zero-order chi connectivity index (χ0) is 18.4. The number of aromatic nitrogens is 7. The molecular formula is C17H19N9S. The molecule has 0 bridgehead atoms. The highest BCUT2D eigenvalue weighted by molar-refractivity contribution is 7.99. The summed E-state index contributed by atoms with van der Waals surface area (Å²) in [4.78, 5) is 23.8. The van der Waals surface area contributed by atoms with Crippen molar-refractivity contribution in [3.05, 3.63) is 30.7 Å². The maximum absolute atomic E-state index is 6.22. The predicted molar refractivity (Wildman–Crippen MR) is 103 cm³/mol. The molecule has 1 saturated heterocycles. The number of nitrogens with one attached hydrogen (secondary N) is 1. The van der Waals surface area contributed by atoms with E-state index in [4.69, 9.17) is 5.73 Å². The number of aromatic amines is 1. The first-order chi connectivity index (χ1) is 13.1. The van der Waals surface area contributed by atoms with Crippen LogP contribution in [-0.2, 0) is 0 Å². The maximum atomic E-state index is 6.22. The van der Waals surface area contributed by atoms with Gasteiger partial charge in [-0.2, -0.15) is 10.1 Å². The monoisotopic (exact) mass is 381 g/mol. The van der Waals surface area contributed by atoms with Gasteiger partial charge in [-0.05, 0) is 37.6 Å². The highest BCUT2D eigenvalue weighted by atomic mass is 32.2. The number of hydrogen-bond acceptors (Lipinski definition) is 8. The normalized spacial score (nSPS) is 17.0. The minimum Gasteiger partial charge on any atom is -0.342 e. The standard InChI is InChI=1S/C17H19N9S/c1-17(18)4-8-25(9-5-17)16-23-14-15(24-16)22-13(10-19-14)27-12-3-7-26-11(21-12)2-6-20-26/h2-3,6-7,10H,4-5,8-9,18H2,1H3,(H,19,22,23,24). The second-order valence-electron chi connectivity index (χ2n) is 7.08. The number of nitrogens with zero attached hydrogens (tertiary/aromatic N) is 7. The Morgan fingerprint density at radius 2 is 2.00 bits per heavy atom. The molecular weight excluding hydrogens is 362 g/mol. The molecule has 0 aliphatic carbocycles. The number of imidazole rings is 1. The molecule has 5 heterocycles. The van der Waals surface area contributed by atoms with Gasteiger partial charge in [-0.1, -0.05) is 0 Å². The lowest BCUT2D eigenvalue weighted by Crippen LogP contribution is -2.48. The number of anilines is 1. The summed E-state index contributed by atoms with van der Waals surface area (Å²) < 4.78 is 1.73. The maximum Gasteiger partial charge on any atom is 0.206 e. The topological polar surface area (TPSA) is 114 Å². The lowest BCUT2D eigenvalue weighted by atomic mass is 9.91. The quantitative estimate of drug-likeness (QED) is 0.517. The number of fused-ring (bicyclic) bond motifs is 2. The molecule has 1 fully saturated rings. The molecule has 0 radical (unpaired) electrons. The van der Waals surface area contributed by atoms with Crippen molar-refractivity contribution in [3.63, 3.8) is 0 Å². The fourth-order valence-corrected chi connectivity index (χ4v) is 3.87. The van der Waals surface area contributed by atoms with E-state index in [1.807, 2.05) is 18.3 Å². The van der Waals surface area contributed by atoms with Crippen LogP contribution < -0.4 is 10.6 Å². The summed E-state index contributed by atoms with van der Waals surface area (Å²) in [5.74, 6) is 0.807. The van der Waals surface area contributed by atoms with Gasteiger partial charge in [-0.25, -0.2) is 19.5 Å². The SMILES string of the molecule is CC1(N)CCN(c2nc3nc(Sc4ccn5nccc5n4)cnc3[nH]2)CC1. The molecule has 0 amide bonds. The van der Waals surface area contributed by atoms with Crippen molar-refractivity contribution in [2.45, 2.75) is 35.4 Å². The molecule has 0 aromatic carbocycles. The molecule has 5 rings (SSSR count). The van der Waals surface area contributed by atoms with Crippen molar-refractivity contribution in [1.29, 1.82) is 0 Å². The molecule has 9 nitrogen and oxygen atoms in total. The third-order valence-electron chi connectivity index (χ3n) is 4.82. The van der Waals surface area contributed by atoms with Gasteiger partial charge in [0.25, 0.3) is 0 Å². The smallest absolute Gasteiger partial charge is 0.206 e. The van der Waals surface area contributed by atoms with E-state index in [1.165, 1.54) is 11.8 Å². The zero-order valence-corrected chi connectivity index (χ0v) is 15.6. The van der Waals surface area contributed by atoms with E-state index < -0.39 is 0 Å². The third-order valence-corrected chi connectivity index (χ3v) is 5.66. The van der Waals surface area contributed by atoms with E-state index >= 15 is 0 Å². The van der Waals surface area contributed by atoms with Crippen molar-refractivity contribution >= 4 is 34.7 Å². The summed E-state index contributed by atoms with van der Waals surface area (Å²) >= 11 is 1.46. The van der Waals surface area contributed by atoms with Crippen LogP contribution in [0.4, 0.5) is 5.95 Å². The third kappa shape index (κ3) is 3.21. The predicted octanol–water partition coefficient (Wildman–Crippen LogP) is 1.86. The first-order valence-electron chi connectivity index (χ1n) is 8.81. The van der Waals surface area contributed by atoms with Gasteiger partial charge in [0, 0.05) is 30.9 Å². The van der Waals surface area contributed by atoms with Gasteiger partial charge in [0.1, 0.15) is 10.1 Å².